The fourth-order valence-electron chi connectivity index (χ4n) is 1.77. The summed E-state index contributed by atoms with van der Waals surface area (Å²) in [5.41, 5.74) is 2.27. The van der Waals surface area contributed by atoms with E-state index < -0.39 is 10.0 Å². The van der Waals surface area contributed by atoms with Crippen LogP contribution in [-0.4, -0.2) is 14.2 Å². The molecular formula is C14H23NO2S. The van der Waals surface area contributed by atoms with Gasteiger partial charge in [-0.3, -0.25) is 0 Å². The maximum absolute atomic E-state index is 11.8. The van der Waals surface area contributed by atoms with Crippen molar-refractivity contribution in [2.24, 2.45) is 0 Å². The van der Waals surface area contributed by atoms with Gasteiger partial charge in [-0.25, -0.2) is 13.1 Å². The summed E-state index contributed by atoms with van der Waals surface area (Å²) in [5, 5.41) is 0. The minimum Gasteiger partial charge on any atom is -0.212 e. The van der Waals surface area contributed by atoms with Crippen molar-refractivity contribution in [1.29, 1.82) is 0 Å². The van der Waals surface area contributed by atoms with Gasteiger partial charge in [0.05, 0.1) is 5.75 Å². The standard InChI is InChI=1S/C14H23NO2S/c1-4-6-11-18(16,17)15-12(3)14-9-7-13(5-2)8-10-14/h7-10,12,15H,4-6,11H2,1-3H3/t12-/m0/s1. The third-order valence-electron chi connectivity index (χ3n) is 3.01. The molecule has 4 heteroatoms. The molecule has 0 spiro atoms. The number of rotatable bonds is 7. The normalized spacial score (nSPS) is 13.5. The van der Waals surface area contributed by atoms with Gasteiger partial charge in [0.15, 0.2) is 0 Å². The van der Waals surface area contributed by atoms with Crippen LogP contribution in [-0.2, 0) is 16.4 Å². The van der Waals surface area contributed by atoms with E-state index in [2.05, 4.69) is 11.6 Å². The van der Waals surface area contributed by atoms with Crippen molar-refractivity contribution in [2.75, 3.05) is 5.75 Å². The van der Waals surface area contributed by atoms with Gasteiger partial charge in [-0.2, -0.15) is 0 Å². The molecule has 0 heterocycles. The van der Waals surface area contributed by atoms with Crippen LogP contribution in [0.15, 0.2) is 24.3 Å². The number of unbranched alkanes of at least 4 members (excludes halogenated alkanes) is 1. The first-order valence-electron chi connectivity index (χ1n) is 6.57. The monoisotopic (exact) mass is 269 g/mol. The van der Waals surface area contributed by atoms with E-state index in [-0.39, 0.29) is 11.8 Å². The van der Waals surface area contributed by atoms with Gasteiger partial charge < -0.3 is 0 Å². The Hall–Kier alpha value is -0.870. The van der Waals surface area contributed by atoms with Crippen molar-refractivity contribution in [3.8, 4) is 0 Å². The van der Waals surface area contributed by atoms with Crippen molar-refractivity contribution in [3.63, 3.8) is 0 Å². The Morgan fingerprint density at radius 1 is 1.17 bits per heavy atom. The lowest BCUT2D eigenvalue weighted by Gasteiger charge is -2.14. The molecule has 0 saturated heterocycles. The second-order valence-corrected chi connectivity index (χ2v) is 6.48. The molecule has 0 saturated carbocycles. The Bertz CT molecular complexity index is 451. The van der Waals surface area contributed by atoms with Crippen molar-refractivity contribution in [2.45, 2.75) is 46.1 Å². The van der Waals surface area contributed by atoms with E-state index in [0.717, 1.165) is 18.4 Å². The van der Waals surface area contributed by atoms with Gasteiger partial charge in [-0.05, 0) is 30.9 Å². The predicted octanol–water partition coefficient (Wildman–Crippen LogP) is 3.03. The SMILES string of the molecule is CCCCS(=O)(=O)N[C@@H](C)c1ccc(CC)cc1. The van der Waals surface area contributed by atoms with Gasteiger partial charge in [0.2, 0.25) is 10.0 Å². The molecule has 102 valence electrons. The molecule has 18 heavy (non-hydrogen) atoms. The van der Waals surface area contributed by atoms with E-state index in [1.54, 1.807) is 0 Å². The number of hydrogen-bond donors (Lipinski definition) is 1. The molecule has 0 aliphatic rings. The molecule has 3 nitrogen and oxygen atoms in total. The fourth-order valence-corrected chi connectivity index (χ4v) is 3.23. The first kappa shape index (κ1) is 15.2. The van der Waals surface area contributed by atoms with Gasteiger partial charge in [0.1, 0.15) is 0 Å². The Morgan fingerprint density at radius 2 is 1.78 bits per heavy atom. The highest BCUT2D eigenvalue weighted by Gasteiger charge is 2.14. The molecule has 1 N–H and O–H groups in total. The van der Waals surface area contributed by atoms with E-state index in [1.165, 1.54) is 5.56 Å². The van der Waals surface area contributed by atoms with E-state index >= 15 is 0 Å². The molecule has 1 aromatic rings. The Labute approximate surface area is 111 Å². The summed E-state index contributed by atoms with van der Waals surface area (Å²) in [6, 6.07) is 7.91. The zero-order valence-electron chi connectivity index (χ0n) is 11.4. The fraction of sp³-hybridized carbons (Fsp3) is 0.571. The van der Waals surface area contributed by atoms with Gasteiger partial charge in [-0.1, -0.05) is 44.5 Å². The third-order valence-corrected chi connectivity index (χ3v) is 4.55. The summed E-state index contributed by atoms with van der Waals surface area (Å²) in [5.74, 6) is 0.209. The van der Waals surface area contributed by atoms with Crippen LogP contribution < -0.4 is 4.72 Å². The van der Waals surface area contributed by atoms with Crippen LogP contribution in [0.2, 0.25) is 0 Å². The number of nitrogens with one attached hydrogen (secondary N) is 1. The van der Waals surface area contributed by atoms with Crippen LogP contribution in [0, 0.1) is 0 Å². The number of sulfonamides is 1. The smallest absolute Gasteiger partial charge is 0.212 e. The Morgan fingerprint density at radius 3 is 2.28 bits per heavy atom. The topological polar surface area (TPSA) is 46.2 Å². The highest BCUT2D eigenvalue weighted by Crippen LogP contribution is 2.15. The van der Waals surface area contributed by atoms with Crippen LogP contribution in [0.25, 0.3) is 0 Å². The molecule has 1 rings (SSSR count). The van der Waals surface area contributed by atoms with Crippen LogP contribution >= 0.6 is 0 Å². The van der Waals surface area contributed by atoms with Crippen LogP contribution in [0.3, 0.4) is 0 Å². The zero-order valence-corrected chi connectivity index (χ0v) is 12.3. The number of benzene rings is 1. The van der Waals surface area contributed by atoms with Gasteiger partial charge in [0.25, 0.3) is 0 Å². The van der Waals surface area contributed by atoms with Crippen molar-refractivity contribution in [1.82, 2.24) is 4.72 Å². The Kier molecular flexibility index (Phi) is 5.82. The molecular weight excluding hydrogens is 246 g/mol. The number of aryl methyl sites for hydroxylation is 1. The summed E-state index contributed by atoms with van der Waals surface area (Å²) < 4.78 is 26.3. The van der Waals surface area contributed by atoms with Crippen molar-refractivity contribution in [3.05, 3.63) is 35.4 Å². The van der Waals surface area contributed by atoms with E-state index in [9.17, 15) is 8.42 Å². The largest absolute Gasteiger partial charge is 0.212 e. The highest BCUT2D eigenvalue weighted by molar-refractivity contribution is 7.89. The molecule has 0 unspecified atom stereocenters. The summed E-state index contributed by atoms with van der Waals surface area (Å²) >= 11 is 0. The molecule has 0 aliphatic heterocycles. The molecule has 0 aliphatic carbocycles. The van der Waals surface area contributed by atoms with Crippen LogP contribution in [0.5, 0.6) is 0 Å². The van der Waals surface area contributed by atoms with Gasteiger partial charge in [-0.15, -0.1) is 0 Å². The minimum atomic E-state index is -3.16. The molecule has 0 amide bonds. The first-order valence-corrected chi connectivity index (χ1v) is 8.22. The predicted molar refractivity (Wildman–Crippen MR) is 76.1 cm³/mol. The molecule has 0 bridgehead atoms. The van der Waals surface area contributed by atoms with E-state index in [4.69, 9.17) is 0 Å². The lowest BCUT2D eigenvalue weighted by Crippen LogP contribution is -2.29. The molecule has 0 fully saturated rings. The van der Waals surface area contributed by atoms with Crippen molar-refractivity contribution < 1.29 is 8.42 Å². The molecule has 1 aromatic carbocycles. The van der Waals surface area contributed by atoms with Gasteiger partial charge >= 0.3 is 0 Å². The average molecular weight is 269 g/mol. The minimum absolute atomic E-state index is 0.169. The lowest BCUT2D eigenvalue weighted by atomic mass is 10.1. The average Bonchev–Trinajstić information content (AvgIpc) is 2.36. The number of hydrogen-bond acceptors (Lipinski definition) is 2. The maximum Gasteiger partial charge on any atom is 0.212 e. The van der Waals surface area contributed by atoms with Crippen LogP contribution in [0.1, 0.15) is 50.8 Å². The first-order chi connectivity index (χ1) is 8.48. The van der Waals surface area contributed by atoms with Crippen molar-refractivity contribution >= 4 is 10.0 Å². The highest BCUT2D eigenvalue weighted by atomic mass is 32.2. The summed E-state index contributed by atoms with van der Waals surface area (Å²) in [6.45, 7) is 5.97. The third kappa shape index (κ3) is 4.78. The molecule has 1 atom stereocenters. The molecule has 0 radical (unpaired) electrons. The second kappa shape index (κ2) is 6.90. The quantitative estimate of drug-likeness (QED) is 0.827. The summed E-state index contributed by atoms with van der Waals surface area (Å²) in [7, 11) is -3.16. The van der Waals surface area contributed by atoms with E-state index in [0.29, 0.717) is 6.42 Å². The molecule has 0 aromatic heterocycles. The maximum atomic E-state index is 11.8. The van der Waals surface area contributed by atoms with Crippen LogP contribution in [0.4, 0.5) is 0 Å². The Balaban J connectivity index is 2.66. The van der Waals surface area contributed by atoms with Gasteiger partial charge in [0, 0.05) is 6.04 Å². The summed E-state index contributed by atoms with van der Waals surface area (Å²) in [6.07, 6.45) is 2.59. The zero-order chi connectivity index (χ0) is 13.6. The van der Waals surface area contributed by atoms with E-state index in [1.807, 2.05) is 38.1 Å². The summed E-state index contributed by atoms with van der Waals surface area (Å²) in [4.78, 5) is 0. The second-order valence-electron chi connectivity index (χ2n) is 4.61. The lowest BCUT2D eigenvalue weighted by molar-refractivity contribution is 0.564.